The van der Waals surface area contributed by atoms with Crippen molar-refractivity contribution in [2.75, 3.05) is 6.54 Å². The van der Waals surface area contributed by atoms with E-state index in [2.05, 4.69) is 17.2 Å². The zero-order valence-electron chi connectivity index (χ0n) is 12.3. The topological polar surface area (TPSA) is 68.3 Å². The average Bonchev–Trinajstić information content (AvgIpc) is 3.03. The molecule has 1 amide bonds. The molecule has 0 spiro atoms. The number of carbonyl (C=O) groups is 1. The fourth-order valence-corrected chi connectivity index (χ4v) is 2.88. The quantitative estimate of drug-likeness (QED) is 0.857. The minimum absolute atomic E-state index is 0.101. The second-order valence-electron chi connectivity index (χ2n) is 4.73. The molecule has 0 aliphatic heterocycles. The molecule has 0 aromatic carbocycles. The lowest BCUT2D eigenvalue weighted by molar-refractivity contribution is 0.0944. The van der Waals surface area contributed by atoms with E-state index < -0.39 is 0 Å². The van der Waals surface area contributed by atoms with Gasteiger partial charge in [-0.25, -0.2) is 0 Å². The summed E-state index contributed by atoms with van der Waals surface area (Å²) in [7, 11) is 0. The number of aryl methyl sites for hydroxylation is 2. The standard InChI is InChI=1S/C16H18N2O2S/c1-10-9-14(12(3)20-10)11(2)18-16(19)15-7-6-13(21-15)5-4-8-17/h6-7,9,11H,8,17H2,1-3H3,(H,18,19). The fraction of sp³-hybridized carbons (Fsp3) is 0.312. The minimum Gasteiger partial charge on any atom is -0.466 e. The van der Waals surface area contributed by atoms with Crippen molar-refractivity contribution in [1.82, 2.24) is 5.32 Å². The van der Waals surface area contributed by atoms with Crippen molar-refractivity contribution >= 4 is 17.2 Å². The van der Waals surface area contributed by atoms with Gasteiger partial charge in [-0.3, -0.25) is 4.79 Å². The van der Waals surface area contributed by atoms with Gasteiger partial charge in [-0.05, 0) is 39.0 Å². The number of hydrogen-bond acceptors (Lipinski definition) is 4. The maximum absolute atomic E-state index is 12.2. The third-order valence-electron chi connectivity index (χ3n) is 3.04. The molecule has 2 aromatic rings. The lowest BCUT2D eigenvalue weighted by Gasteiger charge is -2.12. The largest absolute Gasteiger partial charge is 0.466 e. The molecule has 0 aliphatic carbocycles. The van der Waals surface area contributed by atoms with Crippen LogP contribution in [0.5, 0.6) is 0 Å². The van der Waals surface area contributed by atoms with Crippen LogP contribution >= 0.6 is 11.3 Å². The van der Waals surface area contributed by atoms with Crippen molar-refractivity contribution in [2.24, 2.45) is 5.73 Å². The van der Waals surface area contributed by atoms with Gasteiger partial charge in [0.1, 0.15) is 11.5 Å². The van der Waals surface area contributed by atoms with Crippen LogP contribution in [0.25, 0.3) is 0 Å². The van der Waals surface area contributed by atoms with E-state index in [0.29, 0.717) is 11.4 Å². The predicted octanol–water partition coefficient (Wildman–Crippen LogP) is 2.76. The Bertz CT molecular complexity index is 703. The molecule has 21 heavy (non-hydrogen) atoms. The summed E-state index contributed by atoms with van der Waals surface area (Å²) in [6.45, 7) is 6.05. The van der Waals surface area contributed by atoms with Gasteiger partial charge in [-0.1, -0.05) is 11.8 Å². The molecule has 0 bridgehead atoms. The monoisotopic (exact) mass is 302 g/mol. The summed E-state index contributed by atoms with van der Waals surface area (Å²) in [6.07, 6.45) is 0. The number of nitrogens with one attached hydrogen (secondary N) is 1. The number of thiophene rings is 1. The highest BCUT2D eigenvalue weighted by Gasteiger charge is 2.17. The maximum Gasteiger partial charge on any atom is 0.261 e. The third kappa shape index (κ3) is 3.75. The summed E-state index contributed by atoms with van der Waals surface area (Å²) < 4.78 is 5.49. The molecular formula is C16H18N2O2S. The van der Waals surface area contributed by atoms with E-state index in [1.165, 1.54) is 11.3 Å². The highest BCUT2D eigenvalue weighted by molar-refractivity contribution is 7.14. The SMILES string of the molecule is Cc1cc(C(C)NC(=O)c2ccc(C#CCN)s2)c(C)o1. The lowest BCUT2D eigenvalue weighted by atomic mass is 10.1. The van der Waals surface area contributed by atoms with E-state index >= 15 is 0 Å². The third-order valence-corrected chi connectivity index (χ3v) is 4.04. The first kappa shape index (κ1) is 15.4. The highest BCUT2D eigenvalue weighted by Crippen LogP contribution is 2.22. The first-order valence-corrected chi connectivity index (χ1v) is 7.49. The molecule has 1 atom stereocenters. The van der Waals surface area contributed by atoms with Crippen LogP contribution in [0.4, 0.5) is 0 Å². The minimum atomic E-state index is -0.105. The van der Waals surface area contributed by atoms with Crippen LogP contribution in [0.15, 0.2) is 22.6 Å². The van der Waals surface area contributed by atoms with Gasteiger partial charge >= 0.3 is 0 Å². The molecule has 2 heterocycles. The second-order valence-corrected chi connectivity index (χ2v) is 5.82. The molecule has 0 fully saturated rings. The second kappa shape index (κ2) is 6.61. The number of hydrogen-bond donors (Lipinski definition) is 2. The Morgan fingerprint density at radius 1 is 1.48 bits per heavy atom. The van der Waals surface area contributed by atoms with Crippen LogP contribution < -0.4 is 11.1 Å². The summed E-state index contributed by atoms with van der Waals surface area (Å²) in [5.74, 6) is 7.28. The summed E-state index contributed by atoms with van der Waals surface area (Å²) in [4.78, 5) is 13.7. The van der Waals surface area contributed by atoms with Crippen molar-refractivity contribution in [1.29, 1.82) is 0 Å². The molecule has 0 radical (unpaired) electrons. The zero-order valence-corrected chi connectivity index (χ0v) is 13.1. The molecule has 0 saturated heterocycles. The Morgan fingerprint density at radius 2 is 2.24 bits per heavy atom. The van der Waals surface area contributed by atoms with Crippen molar-refractivity contribution in [3.63, 3.8) is 0 Å². The predicted molar refractivity (Wildman–Crippen MR) is 84.3 cm³/mol. The van der Waals surface area contributed by atoms with Crippen LogP contribution in [0.1, 0.15) is 44.6 Å². The highest BCUT2D eigenvalue weighted by atomic mass is 32.1. The smallest absolute Gasteiger partial charge is 0.261 e. The molecule has 5 heteroatoms. The van der Waals surface area contributed by atoms with E-state index in [-0.39, 0.29) is 11.9 Å². The Labute approximate surface area is 128 Å². The van der Waals surface area contributed by atoms with Gasteiger partial charge < -0.3 is 15.5 Å². The molecule has 110 valence electrons. The van der Waals surface area contributed by atoms with Gasteiger partial charge in [0.05, 0.1) is 22.3 Å². The molecule has 4 nitrogen and oxygen atoms in total. The summed E-state index contributed by atoms with van der Waals surface area (Å²) >= 11 is 1.36. The van der Waals surface area contributed by atoms with Gasteiger partial charge in [0.2, 0.25) is 0 Å². The van der Waals surface area contributed by atoms with Gasteiger partial charge in [0.15, 0.2) is 0 Å². The van der Waals surface area contributed by atoms with Crippen molar-refractivity contribution in [3.8, 4) is 11.8 Å². The molecule has 1 unspecified atom stereocenters. The Balaban J connectivity index is 2.07. The summed E-state index contributed by atoms with van der Waals surface area (Å²) in [5.41, 5.74) is 6.33. The van der Waals surface area contributed by atoms with Crippen molar-refractivity contribution < 1.29 is 9.21 Å². The Kier molecular flexibility index (Phi) is 4.84. The molecule has 0 saturated carbocycles. The lowest BCUT2D eigenvalue weighted by Crippen LogP contribution is -2.25. The molecule has 0 aliphatic rings. The number of nitrogens with two attached hydrogens (primary N) is 1. The van der Waals surface area contributed by atoms with Crippen molar-refractivity contribution in [2.45, 2.75) is 26.8 Å². The molecule has 3 N–H and O–H groups in total. The molecule has 2 rings (SSSR count). The number of furan rings is 1. The van der Waals surface area contributed by atoms with E-state index in [1.54, 1.807) is 6.07 Å². The first-order valence-electron chi connectivity index (χ1n) is 6.68. The van der Waals surface area contributed by atoms with Gasteiger partial charge in [-0.2, -0.15) is 0 Å². The van der Waals surface area contributed by atoms with Crippen LogP contribution in [0.2, 0.25) is 0 Å². The number of carbonyl (C=O) groups excluding carboxylic acids is 1. The Morgan fingerprint density at radius 3 is 2.86 bits per heavy atom. The van der Waals surface area contributed by atoms with E-state index in [9.17, 15) is 4.79 Å². The van der Waals surface area contributed by atoms with Gasteiger partial charge in [0.25, 0.3) is 5.91 Å². The number of amides is 1. The van der Waals surface area contributed by atoms with Gasteiger partial charge in [0, 0.05) is 5.56 Å². The summed E-state index contributed by atoms with van der Waals surface area (Å²) in [5, 5.41) is 2.97. The van der Waals surface area contributed by atoms with E-state index in [1.807, 2.05) is 32.9 Å². The summed E-state index contributed by atoms with van der Waals surface area (Å²) in [6, 6.07) is 5.46. The van der Waals surface area contributed by atoms with Crippen LogP contribution in [-0.4, -0.2) is 12.5 Å². The van der Waals surface area contributed by atoms with Crippen LogP contribution in [-0.2, 0) is 0 Å². The average molecular weight is 302 g/mol. The normalized spacial score (nSPS) is 11.6. The Hall–Kier alpha value is -2.03. The molecule has 2 aromatic heterocycles. The maximum atomic E-state index is 12.2. The fourth-order valence-electron chi connectivity index (χ4n) is 2.09. The van der Waals surface area contributed by atoms with Crippen LogP contribution in [0.3, 0.4) is 0 Å². The number of rotatable bonds is 3. The zero-order chi connectivity index (χ0) is 15.4. The van der Waals surface area contributed by atoms with E-state index in [4.69, 9.17) is 10.2 Å². The van der Waals surface area contributed by atoms with Crippen molar-refractivity contribution in [3.05, 3.63) is 45.0 Å². The molecular weight excluding hydrogens is 284 g/mol. The van der Waals surface area contributed by atoms with Gasteiger partial charge in [-0.15, -0.1) is 11.3 Å². The van der Waals surface area contributed by atoms with E-state index in [0.717, 1.165) is 22.0 Å². The first-order chi connectivity index (χ1) is 10.0. The van der Waals surface area contributed by atoms with Crippen LogP contribution in [0, 0.1) is 25.7 Å².